The van der Waals surface area contributed by atoms with Crippen LogP contribution in [0.2, 0.25) is 0 Å². The van der Waals surface area contributed by atoms with Crippen LogP contribution in [0.5, 0.6) is 0 Å². The second-order valence-corrected chi connectivity index (χ2v) is 5.70. The predicted molar refractivity (Wildman–Crippen MR) is 95.1 cm³/mol. The molecule has 4 rings (SSSR count). The third-order valence-electron chi connectivity index (χ3n) is 3.24. The Labute approximate surface area is 145 Å². The summed E-state index contributed by atoms with van der Waals surface area (Å²) >= 11 is 1.45. The fraction of sp³-hybridized carbons (Fsp3) is 0. The van der Waals surface area contributed by atoms with Crippen molar-refractivity contribution in [1.82, 2.24) is 4.98 Å². The number of benzene rings is 2. The molecule has 0 saturated heterocycles. The Hall–Kier alpha value is -2.78. The van der Waals surface area contributed by atoms with Crippen LogP contribution in [0.1, 0.15) is 6.85 Å². The van der Waals surface area contributed by atoms with Gasteiger partial charge in [-0.3, -0.25) is 0 Å². The van der Waals surface area contributed by atoms with Crippen molar-refractivity contribution in [3.05, 3.63) is 84.1 Å². The van der Waals surface area contributed by atoms with Gasteiger partial charge in [0, 0.05) is 5.56 Å². The molecular weight excluding hydrogens is 302 g/mol. The summed E-state index contributed by atoms with van der Waals surface area (Å²) in [4.78, 5) is 5.37. The summed E-state index contributed by atoms with van der Waals surface area (Å²) in [5, 5.41) is 1.89. The van der Waals surface area contributed by atoms with Crippen LogP contribution in [0.25, 0.3) is 33.3 Å². The maximum Gasteiger partial charge on any atom is 0.470 e. The molecule has 0 spiro atoms. The van der Waals surface area contributed by atoms with E-state index in [4.69, 9.17) is 11.3 Å². The molecule has 0 aliphatic heterocycles. The van der Waals surface area contributed by atoms with Gasteiger partial charge in [-0.15, -0.1) is 11.3 Å². The minimum absolute atomic E-state index is 0.0170. The zero-order chi connectivity index (χ0) is 19.8. The van der Waals surface area contributed by atoms with Crippen LogP contribution in [-0.2, 0) is 0 Å². The van der Waals surface area contributed by atoms with E-state index in [0.717, 1.165) is 10.4 Å². The first-order chi connectivity index (χ1) is 13.5. The lowest BCUT2D eigenvalue weighted by Gasteiger charge is -2.00. The average molecular weight is 321 g/mol. The van der Waals surface area contributed by atoms with Gasteiger partial charge in [0.2, 0.25) is 0 Å². The molecule has 0 N–H and O–H groups in total. The van der Waals surface area contributed by atoms with Crippen molar-refractivity contribution in [3.8, 4) is 33.3 Å². The lowest BCUT2D eigenvalue weighted by Crippen LogP contribution is -1.89. The first-order valence-electron chi connectivity index (χ1n) is 9.49. The van der Waals surface area contributed by atoms with Crippen LogP contribution in [0.15, 0.2) is 88.5 Å². The summed E-state index contributed by atoms with van der Waals surface area (Å²) in [5.41, 5.74) is 1.45. The summed E-state index contributed by atoms with van der Waals surface area (Å²) in [6.07, 6.45) is 0. The third kappa shape index (κ3) is 2.91. The van der Waals surface area contributed by atoms with Crippen molar-refractivity contribution in [2.75, 3.05) is 0 Å². The highest BCUT2D eigenvalue weighted by atomic mass is 32.1. The van der Waals surface area contributed by atoms with Gasteiger partial charge in [-0.05, 0) is 23.5 Å². The molecule has 0 aliphatic carbocycles. The number of aromatic nitrogens is 1. The number of hydrogen-bond donors (Lipinski definition) is 0. The Bertz CT molecular complexity index is 1130. The SMILES string of the molecule is [2H]c1c([2H])c([2H])c(-c2cc(-c3ccccc3)nc(-c3cccs3)[o+]2)c([2H])c1[2H]. The van der Waals surface area contributed by atoms with Crippen LogP contribution in [0, 0.1) is 0 Å². The summed E-state index contributed by atoms with van der Waals surface area (Å²) < 4.78 is 46.1. The van der Waals surface area contributed by atoms with Crippen molar-refractivity contribution in [2.45, 2.75) is 0 Å². The molecule has 2 nitrogen and oxygen atoms in total. The van der Waals surface area contributed by atoms with Gasteiger partial charge in [0.15, 0.2) is 4.88 Å². The number of rotatable bonds is 3. The molecule has 23 heavy (non-hydrogen) atoms. The maximum absolute atomic E-state index is 8.24. The molecule has 0 unspecified atom stereocenters. The normalized spacial score (nSPS) is 13.7. The zero-order valence-electron chi connectivity index (χ0n) is 17.0. The van der Waals surface area contributed by atoms with Gasteiger partial charge >= 0.3 is 11.7 Å². The van der Waals surface area contributed by atoms with Gasteiger partial charge in [0.25, 0.3) is 0 Å². The van der Waals surface area contributed by atoms with Crippen molar-refractivity contribution in [3.63, 3.8) is 0 Å². The van der Waals surface area contributed by atoms with E-state index in [2.05, 4.69) is 4.98 Å². The molecule has 3 heteroatoms. The van der Waals surface area contributed by atoms with Crippen LogP contribution in [-0.4, -0.2) is 4.98 Å². The molecule has 2 heterocycles. The lowest BCUT2D eigenvalue weighted by atomic mass is 10.1. The highest BCUT2D eigenvalue weighted by Crippen LogP contribution is 2.31. The van der Waals surface area contributed by atoms with Gasteiger partial charge in [-0.1, -0.05) is 54.5 Å². The summed E-state index contributed by atoms with van der Waals surface area (Å²) in [7, 11) is 0. The van der Waals surface area contributed by atoms with E-state index in [9.17, 15) is 0 Å². The number of hydrogen-bond acceptors (Lipinski definition) is 2. The second-order valence-electron chi connectivity index (χ2n) is 4.76. The molecule has 0 amide bonds. The largest absolute Gasteiger partial charge is 0.470 e. The Balaban J connectivity index is 2.02. The number of nitrogens with zero attached hydrogens (tertiary/aromatic N) is 1. The first kappa shape index (κ1) is 9.38. The van der Waals surface area contributed by atoms with Crippen molar-refractivity contribution in [1.29, 1.82) is 0 Å². The van der Waals surface area contributed by atoms with Gasteiger partial charge in [-0.2, -0.15) is 9.40 Å². The molecule has 0 atom stereocenters. The summed E-state index contributed by atoms with van der Waals surface area (Å²) in [6.45, 7) is 0. The minimum atomic E-state index is -0.436. The van der Waals surface area contributed by atoms with E-state index in [1.807, 2.05) is 47.8 Å². The zero-order valence-corrected chi connectivity index (χ0v) is 12.8. The molecule has 0 bridgehead atoms. The lowest BCUT2D eigenvalue weighted by molar-refractivity contribution is 0.564. The Morgan fingerprint density at radius 3 is 2.48 bits per heavy atom. The van der Waals surface area contributed by atoms with E-state index in [1.165, 1.54) is 11.3 Å². The van der Waals surface area contributed by atoms with Crippen LogP contribution in [0.3, 0.4) is 0 Å². The molecule has 2 aromatic carbocycles. The fourth-order valence-corrected chi connectivity index (χ4v) is 2.83. The number of thiophene rings is 1. The predicted octanol–water partition coefficient (Wildman–Crippen LogP) is 6.02. The van der Waals surface area contributed by atoms with E-state index in [-0.39, 0.29) is 23.4 Å². The molecule has 0 radical (unpaired) electrons. The summed E-state index contributed by atoms with van der Waals surface area (Å²) in [6, 6.07) is 12.9. The van der Waals surface area contributed by atoms with E-state index < -0.39 is 18.1 Å². The minimum Gasteiger partial charge on any atom is -0.186 e. The van der Waals surface area contributed by atoms with Crippen molar-refractivity contribution >= 4 is 11.3 Å². The van der Waals surface area contributed by atoms with E-state index in [0.29, 0.717) is 11.6 Å². The molecule has 4 aromatic rings. The van der Waals surface area contributed by atoms with E-state index in [1.54, 1.807) is 6.07 Å². The highest BCUT2D eigenvalue weighted by molar-refractivity contribution is 7.13. The topological polar surface area (TPSA) is 24.2 Å². The fourth-order valence-electron chi connectivity index (χ4n) is 2.18. The second kappa shape index (κ2) is 6.15. The molecule has 0 saturated carbocycles. The molecule has 110 valence electrons. The molecular formula is C20H14NOS+. The Kier molecular flexibility index (Phi) is 2.51. The van der Waals surface area contributed by atoms with Gasteiger partial charge in [0.1, 0.15) is 0 Å². The van der Waals surface area contributed by atoms with Crippen molar-refractivity contribution < 1.29 is 11.3 Å². The van der Waals surface area contributed by atoms with E-state index >= 15 is 0 Å². The molecule has 0 aliphatic rings. The average Bonchev–Trinajstić information content (AvgIpc) is 3.26. The monoisotopic (exact) mass is 321 g/mol. The molecule has 2 aromatic heterocycles. The van der Waals surface area contributed by atoms with Gasteiger partial charge in [-0.25, -0.2) is 0 Å². The Morgan fingerprint density at radius 2 is 1.74 bits per heavy atom. The molecule has 0 fully saturated rings. The smallest absolute Gasteiger partial charge is 0.186 e. The maximum atomic E-state index is 8.24. The van der Waals surface area contributed by atoms with Crippen LogP contribution < -0.4 is 0 Å². The van der Waals surface area contributed by atoms with Crippen LogP contribution >= 0.6 is 11.3 Å². The first-order valence-corrected chi connectivity index (χ1v) is 7.87. The van der Waals surface area contributed by atoms with Crippen molar-refractivity contribution in [2.24, 2.45) is 0 Å². The third-order valence-corrected chi connectivity index (χ3v) is 4.10. The quantitative estimate of drug-likeness (QED) is 0.431. The highest BCUT2D eigenvalue weighted by Gasteiger charge is 2.22. The van der Waals surface area contributed by atoms with Gasteiger partial charge in [0.05, 0.1) is 24.2 Å². The van der Waals surface area contributed by atoms with Gasteiger partial charge < -0.3 is 0 Å². The standard InChI is InChI=1S/C20H14NOS/c1-3-8-15(9-4-1)17-14-18(16-10-5-2-6-11-16)22-20(21-17)19-12-7-13-23-19/h1-14H/q+1/i2D,5D,6D,10D,11D. The Morgan fingerprint density at radius 1 is 0.913 bits per heavy atom. The van der Waals surface area contributed by atoms with Crippen LogP contribution in [0.4, 0.5) is 0 Å². The summed E-state index contributed by atoms with van der Waals surface area (Å²) in [5.74, 6) is 0.507.